The minimum Gasteiger partial charge on any atom is -0.469 e. The lowest BCUT2D eigenvalue weighted by Crippen LogP contribution is -2.53. The number of carbonyl (C=O) groups excluding carboxylic acids is 2. The minimum absolute atomic E-state index is 0.0142. The molecule has 2 aliphatic heterocycles. The number of carbonyl (C=O) groups is 2. The fourth-order valence-corrected chi connectivity index (χ4v) is 4.40. The molecule has 1 aromatic carbocycles. The SMILES string of the molecule is COC(=O)[C@H]1[C@@H](c2ccc(Cl)cc2)C[C@@H]2CC[C@H]1N2C(=O)OC(C)Cl. The molecule has 1 amide bonds. The van der Waals surface area contributed by atoms with Crippen LogP contribution in [0.1, 0.15) is 37.7 Å². The lowest BCUT2D eigenvalue weighted by atomic mass is 9.76. The third-order valence-electron chi connectivity index (χ3n) is 5.17. The quantitative estimate of drug-likeness (QED) is 0.578. The van der Waals surface area contributed by atoms with E-state index in [0.717, 1.165) is 18.4 Å². The van der Waals surface area contributed by atoms with E-state index in [0.29, 0.717) is 11.4 Å². The van der Waals surface area contributed by atoms with Gasteiger partial charge in [0.15, 0.2) is 5.56 Å². The summed E-state index contributed by atoms with van der Waals surface area (Å²) in [6.45, 7) is 1.60. The van der Waals surface area contributed by atoms with Crippen molar-refractivity contribution in [2.45, 2.75) is 49.8 Å². The van der Waals surface area contributed by atoms with E-state index in [2.05, 4.69) is 0 Å². The number of piperidine rings is 1. The second-order valence-electron chi connectivity index (χ2n) is 6.58. The van der Waals surface area contributed by atoms with E-state index in [-0.39, 0.29) is 24.0 Å². The maximum Gasteiger partial charge on any atom is 0.411 e. The Balaban J connectivity index is 1.92. The zero-order chi connectivity index (χ0) is 18.1. The summed E-state index contributed by atoms with van der Waals surface area (Å²) < 4.78 is 10.2. The van der Waals surface area contributed by atoms with Gasteiger partial charge in [-0.25, -0.2) is 4.79 Å². The fourth-order valence-electron chi connectivity index (χ4n) is 4.20. The van der Waals surface area contributed by atoms with Gasteiger partial charge in [-0.3, -0.25) is 4.79 Å². The van der Waals surface area contributed by atoms with Gasteiger partial charge in [-0.05, 0) is 43.9 Å². The van der Waals surface area contributed by atoms with Gasteiger partial charge >= 0.3 is 12.1 Å². The Morgan fingerprint density at radius 2 is 1.92 bits per heavy atom. The van der Waals surface area contributed by atoms with Gasteiger partial charge in [0.05, 0.1) is 13.0 Å². The molecule has 0 aliphatic carbocycles. The smallest absolute Gasteiger partial charge is 0.411 e. The Labute approximate surface area is 157 Å². The summed E-state index contributed by atoms with van der Waals surface area (Å²) in [5.74, 6) is -0.746. The van der Waals surface area contributed by atoms with Crippen LogP contribution in [0.4, 0.5) is 4.79 Å². The van der Waals surface area contributed by atoms with E-state index in [1.807, 2.05) is 24.3 Å². The van der Waals surface area contributed by atoms with E-state index >= 15 is 0 Å². The van der Waals surface area contributed by atoms with Crippen molar-refractivity contribution in [1.29, 1.82) is 0 Å². The average molecular weight is 386 g/mol. The maximum absolute atomic E-state index is 12.5. The molecular weight excluding hydrogens is 365 g/mol. The number of hydrogen-bond acceptors (Lipinski definition) is 4. The number of amides is 1. The van der Waals surface area contributed by atoms with Gasteiger partial charge in [-0.15, -0.1) is 0 Å². The summed E-state index contributed by atoms with van der Waals surface area (Å²) in [7, 11) is 1.38. The Kier molecular flexibility index (Phi) is 5.44. The number of rotatable bonds is 3. The van der Waals surface area contributed by atoms with Crippen molar-refractivity contribution in [3.63, 3.8) is 0 Å². The molecule has 5 nitrogen and oxygen atoms in total. The van der Waals surface area contributed by atoms with Crippen molar-refractivity contribution in [2.24, 2.45) is 5.92 Å². The summed E-state index contributed by atoms with van der Waals surface area (Å²) >= 11 is 11.8. The molecule has 1 aromatic rings. The van der Waals surface area contributed by atoms with Gasteiger partial charge < -0.3 is 14.4 Å². The highest BCUT2D eigenvalue weighted by molar-refractivity contribution is 6.30. The number of methoxy groups -OCH3 is 1. The largest absolute Gasteiger partial charge is 0.469 e. The van der Waals surface area contributed by atoms with Gasteiger partial charge in [-0.1, -0.05) is 35.3 Å². The first-order valence-corrected chi connectivity index (χ1v) is 9.20. The summed E-state index contributed by atoms with van der Waals surface area (Å²) in [6, 6.07) is 7.32. The normalized spacial score (nSPS) is 29.2. The average Bonchev–Trinajstić information content (AvgIpc) is 2.88. The number of alkyl halides is 1. The molecule has 3 rings (SSSR count). The molecule has 5 atom stereocenters. The number of halogens is 2. The number of ether oxygens (including phenoxy) is 2. The van der Waals surface area contributed by atoms with Gasteiger partial charge in [0, 0.05) is 23.0 Å². The van der Waals surface area contributed by atoms with Crippen LogP contribution in [0, 0.1) is 5.92 Å². The molecule has 0 N–H and O–H groups in total. The monoisotopic (exact) mass is 385 g/mol. The molecule has 25 heavy (non-hydrogen) atoms. The molecule has 2 heterocycles. The zero-order valence-corrected chi connectivity index (χ0v) is 15.7. The van der Waals surface area contributed by atoms with Crippen molar-refractivity contribution in [1.82, 2.24) is 4.90 Å². The van der Waals surface area contributed by atoms with Crippen LogP contribution < -0.4 is 0 Å². The van der Waals surface area contributed by atoms with Crippen LogP contribution in [0.3, 0.4) is 0 Å². The van der Waals surface area contributed by atoms with Crippen LogP contribution >= 0.6 is 23.2 Å². The first-order valence-electron chi connectivity index (χ1n) is 8.38. The molecule has 0 aromatic heterocycles. The number of esters is 1. The van der Waals surface area contributed by atoms with E-state index < -0.39 is 17.6 Å². The predicted octanol–water partition coefficient (Wildman–Crippen LogP) is 4.17. The van der Waals surface area contributed by atoms with Crippen LogP contribution in [0.15, 0.2) is 24.3 Å². The highest BCUT2D eigenvalue weighted by Gasteiger charge is 2.53. The molecule has 136 valence electrons. The van der Waals surface area contributed by atoms with Crippen LogP contribution in [-0.2, 0) is 14.3 Å². The first kappa shape index (κ1) is 18.3. The fraction of sp³-hybridized carbons (Fsp3) is 0.556. The highest BCUT2D eigenvalue weighted by atomic mass is 35.5. The molecule has 0 saturated carbocycles. The highest BCUT2D eigenvalue weighted by Crippen LogP contribution is 2.47. The number of benzene rings is 1. The van der Waals surface area contributed by atoms with E-state index in [1.165, 1.54) is 7.11 Å². The number of fused-ring (bicyclic) bond motifs is 2. The second kappa shape index (κ2) is 7.42. The van der Waals surface area contributed by atoms with Crippen LogP contribution in [-0.4, -0.2) is 41.7 Å². The van der Waals surface area contributed by atoms with Crippen molar-refractivity contribution >= 4 is 35.3 Å². The van der Waals surface area contributed by atoms with E-state index in [1.54, 1.807) is 11.8 Å². The molecule has 0 spiro atoms. The molecule has 2 saturated heterocycles. The van der Waals surface area contributed by atoms with Crippen molar-refractivity contribution in [2.75, 3.05) is 7.11 Å². The third kappa shape index (κ3) is 3.58. The zero-order valence-electron chi connectivity index (χ0n) is 14.2. The van der Waals surface area contributed by atoms with Gasteiger partial charge in [0.25, 0.3) is 0 Å². The maximum atomic E-state index is 12.5. The Bertz CT molecular complexity index is 649. The summed E-state index contributed by atoms with van der Waals surface area (Å²) in [5, 5.41) is 0.651. The molecule has 2 aliphatic rings. The van der Waals surface area contributed by atoms with Crippen molar-refractivity contribution in [3.8, 4) is 0 Å². The summed E-state index contributed by atoms with van der Waals surface area (Å²) in [6.07, 6.45) is 1.82. The summed E-state index contributed by atoms with van der Waals surface area (Å²) in [5.41, 5.74) is 0.327. The molecule has 0 radical (unpaired) electrons. The van der Waals surface area contributed by atoms with Crippen LogP contribution in [0.2, 0.25) is 5.02 Å². The molecule has 2 fully saturated rings. The van der Waals surface area contributed by atoms with Crippen LogP contribution in [0.5, 0.6) is 0 Å². The molecule has 1 unspecified atom stereocenters. The Morgan fingerprint density at radius 1 is 1.24 bits per heavy atom. The van der Waals surface area contributed by atoms with Crippen LogP contribution in [0.25, 0.3) is 0 Å². The van der Waals surface area contributed by atoms with E-state index in [9.17, 15) is 9.59 Å². The predicted molar refractivity (Wildman–Crippen MR) is 94.8 cm³/mol. The number of nitrogens with zero attached hydrogens (tertiary/aromatic N) is 1. The molecule has 7 heteroatoms. The minimum atomic E-state index is -0.711. The third-order valence-corrected chi connectivity index (χ3v) is 5.51. The van der Waals surface area contributed by atoms with Gasteiger partial charge in [0.1, 0.15) is 0 Å². The van der Waals surface area contributed by atoms with E-state index in [4.69, 9.17) is 32.7 Å². The first-order chi connectivity index (χ1) is 11.9. The molecular formula is C18H21Cl2NO4. The lowest BCUT2D eigenvalue weighted by Gasteiger charge is -2.43. The van der Waals surface area contributed by atoms with Crippen molar-refractivity contribution in [3.05, 3.63) is 34.9 Å². The van der Waals surface area contributed by atoms with Gasteiger partial charge in [-0.2, -0.15) is 0 Å². The standard InChI is InChI=1S/C18H21Cl2NO4/c1-10(19)25-18(23)21-13-7-8-15(21)16(17(22)24-2)14(9-13)11-3-5-12(20)6-4-11/h3-6,10,13-16H,7-9H2,1-2H3/t10?,13-,14+,15+,16-/m0/s1. The Hall–Kier alpha value is -1.46. The topological polar surface area (TPSA) is 55.8 Å². The Morgan fingerprint density at radius 3 is 2.52 bits per heavy atom. The van der Waals surface area contributed by atoms with Gasteiger partial charge in [0.2, 0.25) is 0 Å². The molecule has 2 bridgehead atoms. The van der Waals surface area contributed by atoms with Crippen molar-refractivity contribution < 1.29 is 19.1 Å². The summed E-state index contributed by atoms with van der Waals surface area (Å²) in [4.78, 5) is 26.7. The lowest BCUT2D eigenvalue weighted by molar-refractivity contribution is -0.150. The second-order valence-corrected chi connectivity index (χ2v) is 7.63. The number of hydrogen-bond donors (Lipinski definition) is 0.